The molecule has 6 nitrogen and oxygen atoms in total. The van der Waals surface area contributed by atoms with Crippen LogP contribution in [0.15, 0.2) is 12.1 Å². The van der Waals surface area contributed by atoms with Gasteiger partial charge in [-0.3, -0.25) is 9.59 Å². The summed E-state index contributed by atoms with van der Waals surface area (Å²) in [5, 5.41) is 0.333. The van der Waals surface area contributed by atoms with Crippen LogP contribution in [0, 0.1) is 5.92 Å². The number of benzene rings is 1. The second-order valence-electron chi connectivity index (χ2n) is 7.44. The molecule has 1 saturated heterocycles. The van der Waals surface area contributed by atoms with Gasteiger partial charge >= 0.3 is 0 Å². The van der Waals surface area contributed by atoms with E-state index in [1.807, 2.05) is 4.90 Å². The zero-order chi connectivity index (χ0) is 19.4. The summed E-state index contributed by atoms with van der Waals surface area (Å²) in [6.45, 7) is 2.17. The van der Waals surface area contributed by atoms with Gasteiger partial charge in [-0.1, -0.05) is 37.3 Å². The Labute approximate surface area is 165 Å². The third-order valence-corrected chi connectivity index (χ3v) is 6.04. The number of nitrogen functional groups attached to an aromatic ring is 1. The van der Waals surface area contributed by atoms with Crippen LogP contribution in [0.25, 0.3) is 0 Å². The van der Waals surface area contributed by atoms with Crippen LogP contribution in [0.1, 0.15) is 48.9 Å². The first kappa shape index (κ1) is 19.8. The van der Waals surface area contributed by atoms with Crippen molar-refractivity contribution in [1.29, 1.82) is 0 Å². The van der Waals surface area contributed by atoms with E-state index >= 15 is 0 Å². The number of nitrogens with zero attached hydrogens (tertiary/aromatic N) is 2. The summed E-state index contributed by atoms with van der Waals surface area (Å²) in [6.07, 6.45) is 6.76. The number of halogens is 1. The van der Waals surface area contributed by atoms with Crippen molar-refractivity contribution in [3.8, 4) is 5.75 Å². The largest absolute Gasteiger partial charge is 0.496 e. The number of piperazine rings is 1. The fraction of sp³-hybridized carbons (Fsp3) is 0.600. The molecule has 0 radical (unpaired) electrons. The average molecular weight is 394 g/mol. The first-order valence-electron chi connectivity index (χ1n) is 9.69. The Morgan fingerprint density at radius 1 is 1.15 bits per heavy atom. The maximum atomic E-state index is 12.9. The number of nitrogens with two attached hydrogens (primary N) is 1. The maximum Gasteiger partial charge on any atom is 0.257 e. The molecular formula is C20H28ClN3O3. The topological polar surface area (TPSA) is 75.9 Å². The minimum Gasteiger partial charge on any atom is -0.496 e. The number of carbonyl (C=O) groups is 2. The molecule has 1 aromatic rings. The molecule has 0 spiro atoms. The standard InChI is InChI=1S/C20H28ClN3O3/c1-27-18-13-17(22)16(21)12-15(18)20(26)24-10-8-23(9-11-24)19(25)7-6-14-4-2-3-5-14/h12-14H,2-11,22H2,1H3. The van der Waals surface area contributed by atoms with Crippen molar-refractivity contribution < 1.29 is 14.3 Å². The van der Waals surface area contributed by atoms with Gasteiger partial charge in [0.2, 0.25) is 5.91 Å². The molecule has 2 fully saturated rings. The van der Waals surface area contributed by atoms with Gasteiger partial charge in [0.15, 0.2) is 0 Å². The van der Waals surface area contributed by atoms with Crippen molar-refractivity contribution in [2.75, 3.05) is 39.0 Å². The van der Waals surface area contributed by atoms with Crippen molar-refractivity contribution in [2.24, 2.45) is 5.92 Å². The second-order valence-corrected chi connectivity index (χ2v) is 7.84. The molecule has 27 heavy (non-hydrogen) atoms. The molecule has 148 valence electrons. The molecule has 0 atom stereocenters. The molecule has 0 aromatic heterocycles. The van der Waals surface area contributed by atoms with Gasteiger partial charge in [-0.25, -0.2) is 0 Å². The van der Waals surface area contributed by atoms with Crippen LogP contribution in [0.5, 0.6) is 5.75 Å². The lowest BCUT2D eigenvalue weighted by Crippen LogP contribution is -2.50. The highest BCUT2D eigenvalue weighted by Crippen LogP contribution is 2.30. The second kappa shape index (κ2) is 8.83. The molecule has 2 aliphatic rings. The normalized spacial score (nSPS) is 18.0. The van der Waals surface area contributed by atoms with E-state index in [0.717, 1.165) is 12.3 Å². The monoisotopic (exact) mass is 393 g/mol. The molecule has 3 rings (SSSR count). The number of amides is 2. The number of carbonyl (C=O) groups excluding carboxylic acids is 2. The zero-order valence-corrected chi connectivity index (χ0v) is 16.6. The van der Waals surface area contributed by atoms with Crippen LogP contribution >= 0.6 is 11.6 Å². The Kier molecular flexibility index (Phi) is 6.47. The Hall–Kier alpha value is -1.95. The molecule has 7 heteroatoms. The van der Waals surface area contributed by atoms with Gasteiger partial charge < -0.3 is 20.3 Å². The molecule has 2 amide bonds. The summed E-state index contributed by atoms with van der Waals surface area (Å²) >= 11 is 6.07. The van der Waals surface area contributed by atoms with Crippen LogP contribution < -0.4 is 10.5 Å². The summed E-state index contributed by atoms with van der Waals surface area (Å²) in [5.74, 6) is 1.20. The third-order valence-electron chi connectivity index (χ3n) is 5.71. The highest BCUT2D eigenvalue weighted by molar-refractivity contribution is 6.33. The molecule has 1 aromatic carbocycles. The van der Waals surface area contributed by atoms with Crippen LogP contribution in [0.3, 0.4) is 0 Å². The Morgan fingerprint density at radius 3 is 2.41 bits per heavy atom. The van der Waals surface area contributed by atoms with Crippen LogP contribution in [0.2, 0.25) is 5.02 Å². The van der Waals surface area contributed by atoms with Gasteiger partial charge in [-0.05, 0) is 18.4 Å². The minimum atomic E-state index is -0.146. The Bertz CT molecular complexity index is 696. The lowest BCUT2D eigenvalue weighted by molar-refractivity contribution is -0.133. The van der Waals surface area contributed by atoms with Crippen molar-refractivity contribution in [2.45, 2.75) is 38.5 Å². The van der Waals surface area contributed by atoms with E-state index in [2.05, 4.69) is 0 Å². The molecule has 1 aliphatic carbocycles. The van der Waals surface area contributed by atoms with Gasteiger partial charge in [0, 0.05) is 38.7 Å². The predicted molar refractivity (Wildman–Crippen MR) is 106 cm³/mol. The summed E-state index contributed by atoms with van der Waals surface area (Å²) < 4.78 is 5.28. The predicted octanol–water partition coefficient (Wildman–Crippen LogP) is 3.19. The SMILES string of the molecule is COc1cc(N)c(Cl)cc1C(=O)N1CCN(C(=O)CCC2CCCC2)CC1. The number of hydrogen-bond acceptors (Lipinski definition) is 4. The number of rotatable bonds is 5. The minimum absolute atomic E-state index is 0.146. The quantitative estimate of drug-likeness (QED) is 0.779. The fourth-order valence-corrected chi connectivity index (χ4v) is 4.18. The highest BCUT2D eigenvalue weighted by atomic mass is 35.5. The van der Waals surface area contributed by atoms with Gasteiger partial charge in [0.25, 0.3) is 5.91 Å². The van der Waals surface area contributed by atoms with Crippen LogP contribution in [-0.4, -0.2) is 54.9 Å². The molecule has 0 bridgehead atoms. The molecule has 1 aliphatic heterocycles. The smallest absolute Gasteiger partial charge is 0.257 e. The first-order valence-corrected chi connectivity index (χ1v) is 10.1. The molecule has 1 heterocycles. The summed E-state index contributed by atoms with van der Waals surface area (Å²) in [4.78, 5) is 28.9. The highest BCUT2D eigenvalue weighted by Gasteiger charge is 2.27. The van der Waals surface area contributed by atoms with Gasteiger partial charge in [0.1, 0.15) is 5.75 Å². The van der Waals surface area contributed by atoms with Gasteiger partial charge in [0.05, 0.1) is 23.4 Å². The van der Waals surface area contributed by atoms with Crippen molar-refractivity contribution >= 4 is 29.1 Å². The summed E-state index contributed by atoms with van der Waals surface area (Å²) in [6, 6.07) is 3.12. The zero-order valence-electron chi connectivity index (χ0n) is 15.9. The number of methoxy groups -OCH3 is 1. The maximum absolute atomic E-state index is 12.9. The summed E-state index contributed by atoms with van der Waals surface area (Å²) in [7, 11) is 1.50. The number of anilines is 1. The third kappa shape index (κ3) is 4.67. The Morgan fingerprint density at radius 2 is 1.78 bits per heavy atom. The van der Waals surface area contributed by atoms with Crippen molar-refractivity contribution in [1.82, 2.24) is 9.80 Å². The van der Waals surface area contributed by atoms with E-state index in [1.54, 1.807) is 17.0 Å². The van der Waals surface area contributed by atoms with Gasteiger partial charge in [-0.2, -0.15) is 0 Å². The average Bonchev–Trinajstić information content (AvgIpc) is 3.21. The van der Waals surface area contributed by atoms with E-state index in [0.29, 0.717) is 54.6 Å². The molecule has 0 unspecified atom stereocenters. The van der Waals surface area contributed by atoms with E-state index in [1.165, 1.54) is 32.8 Å². The lowest BCUT2D eigenvalue weighted by Gasteiger charge is -2.35. The van der Waals surface area contributed by atoms with E-state index in [4.69, 9.17) is 22.1 Å². The van der Waals surface area contributed by atoms with E-state index in [-0.39, 0.29) is 11.8 Å². The van der Waals surface area contributed by atoms with Gasteiger partial charge in [-0.15, -0.1) is 0 Å². The van der Waals surface area contributed by atoms with Crippen LogP contribution in [0.4, 0.5) is 5.69 Å². The number of hydrogen-bond donors (Lipinski definition) is 1. The molecular weight excluding hydrogens is 366 g/mol. The van der Waals surface area contributed by atoms with Crippen molar-refractivity contribution in [3.63, 3.8) is 0 Å². The molecule has 2 N–H and O–H groups in total. The molecule has 1 saturated carbocycles. The van der Waals surface area contributed by atoms with Crippen molar-refractivity contribution in [3.05, 3.63) is 22.7 Å². The van der Waals surface area contributed by atoms with E-state index in [9.17, 15) is 9.59 Å². The first-order chi connectivity index (χ1) is 13.0. The Balaban J connectivity index is 1.54. The lowest BCUT2D eigenvalue weighted by atomic mass is 10.0. The summed E-state index contributed by atoms with van der Waals surface area (Å²) in [5.41, 5.74) is 6.57. The van der Waals surface area contributed by atoms with E-state index < -0.39 is 0 Å². The fourth-order valence-electron chi connectivity index (χ4n) is 4.02. The number of ether oxygens (including phenoxy) is 1. The van der Waals surface area contributed by atoms with Crippen LogP contribution in [-0.2, 0) is 4.79 Å².